The number of carbonyl (C=O) groups is 3. The van der Waals surface area contributed by atoms with E-state index in [0.717, 1.165) is 16.2 Å². The van der Waals surface area contributed by atoms with Crippen LogP contribution in [-0.4, -0.2) is 35.7 Å². The van der Waals surface area contributed by atoms with Gasteiger partial charge in [-0.1, -0.05) is 11.6 Å². The van der Waals surface area contributed by atoms with Gasteiger partial charge in [0.2, 0.25) is 5.91 Å². The van der Waals surface area contributed by atoms with E-state index in [1.165, 1.54) is 0 Å². The van der Waals surface area contributed by atoms with E-state index in [1.54, 1.807) is 12.1 Å². The molecule has 84 valence electrons. The second-order valence-corrected chi connectivity index (χ2v) is 4.88. The number of urea groups is 1. The van der Waals surface area contributed by atoms with Crippen LogP contribution in [0.4, 0.5) is 4.79 Å². The number of halogens is 1. The maximum atomic E-state index is 11.7. The molecule has 0 radical (unpaired) electrons. The first kappa shape index (κ1) is 11.1. The molecule has 1 aliphatic rings. The van der Waals surface area contributed by atoms with Gasteiger partial charge in [0.1, 0.15) is 0 Å². The largest absolute Gasteiger partial charge is 0.329 e. The SMILES string of the molecule is O=C(CN1C(=O)CNC1=O)c1ccc(Cl)s1. The molecular weight excluding hydrogens is 252 g/mol. The van der Waals surface area contributed by atoms with Gasteiger partial charge in [-0.25, -0.2) is 4.79 Å². The molecule has 1 saturated heterocycles. The fourth-order valence-corrected chi connectivity index (χ4v) is 2.27. The van der Waals surface area contributed by atoms with Crippen LogP contribution in [-0.2, 0) is 4.79 Å². The summed E-state index contributed by atoms with van der Waals surface area (Å²) in [5.41, 5.74) is 0. The van der Waals surface area contributed by atoms with Gasteiger partial charge in [-0.3, -0.25) is 14.5 Å². The van der Waals surface area contributed by atoms with Crippen LogP contribution in [0.2, 0.25) is 4.34 Å². The summed E-state index contributed by atoms with van der Waals surface area (Å²) in [4.78, 5) is 35.4. The number of nitrogens with one attached hydrogen (secondary N) is 1. The zero-order valence-corrected chi connectivity index (χ0v) is 9.60. The van der Waals surface area contributed by atoms with Crippen LogP contribution in [0.5, 0.6) is 0 Å². The molecule has 1 fully saturated rings. The van der Waals surface area contributed by atoms with Crippen LogP contribution in [0.1, 0.15) is 9.67 Å². The minimum absolute atomic E-state index is 0.0443. The molecule has 7 heteroatoms. The quantitative estimate of drug-likeness (QED) is 0.653. The van der Waals surface area contributed by atoms with Crippen molar-refractivity contribution < 1.29 is 14.4 Å². The molecular formula is C9H7ClN2O3S. The Kier molecular flexibility index (Phi) is 2.93. The van der Waals surface area contributed by atoms with E-state index in [2.05, 4.69) is 5.32 Å². The van der Waals surface area contributed by atoms with E-state index in [9.17, 15) is 14.4 Å². The molecule has 16 heavy (non-hydrogen) atoms. The summed E-state index contributed by atoms with van der Waals surface area (Å²) in [6.07, 6.45) is 0. The summed E-state index contributed by atoms with van der Waals surface area (Å²) in [6.45, 7) is -0.279. The zero-order valence-electron chi connectivity index (χ0n) is 8.03. The molecule has 0 atom stereocenters. The van der Waals surface area contributed by atoms with Crippen molar-refractivity contribution >= 4 is 40.7 Å². The Balaban J connectivity index is 2.08. The van der Waals surface area contributed by atoms with Crippen molar-refractivity contribution in [3.63, 3.8) is 0 Å². The Morgan fingerprint density at radius 2 is 2.25 bits per heavy atom. The van der Waals surface area contributed by atoms with Crippen molar-refractivity contribution in [2.75, 3.05) is 13.1 Å². The van der Waals surface area contributed by atoms with Crippen molar-refractivity contribution in [2.24, 2.45) is 0 Å². The number of carbonyl (C=O) groups excluding carboxylic acids is 3. The number of thiophene rings is 1. The second kappa shape index (κ2) is 4.23. The molecule has 0 bridgehead atoms. The monoisotopic (exact) mass is 258 g/mol. The Hall–Kier alpha value is -1.40. The van der Waals surface area contributed by atoms with Crippen LogP contribution in [0.3, 0.4) is 0 Å². The molecule has 1 aliphatic heterocycles. The number of Topliss-reactive ketones (excluding diaryl/α,β-unsaturated/α-hetero) is 1. The standard InChI is InChI=1S/C9H7ClN2O3S/c10-7-2-1-6(16-7)5(13)4-12-8(14)3-11-9(12)15/h1-2H,3-4H2,(H,11,15). The summed E-state index contributed by atoms with van der Waals surface area (Å²) >= 11 is 6.81. The molecule has 1 aromatic rings. The number of imide groups is 1. The molecule has 0 spiro atoms. The first-order valence-corrected chi connectivity index (χ1v) is 5.64. The van der Waals surface area contributed by atoms with E-state index in [0.29, 0.717) is 9.21 Å². The van der Waals surface area contributed by atoms with Crippen molar-refractivity contribution in [3.8, 4) is 0 Å². The van der Waals surface area contributed by atoms with Gasteiger partial charge < -0.3 is 5.32 Å². The molecule has 0 aliphatic carbocycles. The topological polar surface area (TPSA) is 66.5 Å². The average molecular weight is 259 g/mol. The molecule has 0 saturated carbocycles. The molecule has 2 heterocycles. The summed E-state index contributed by atoms with van der Waals surface area (Å²) in [5.74, 6) is -0.677. The Labute approximate surface area is 100.0 Å². The van der Waals surface area contributed by atoms with Crippen molar-refractivity contribution in [2.45, 2.75) is 0 Å². The number of nitrogens with zero attached hydrogens (tertiary/aromatic N) is 1. The highest BCUT2D eigenvalue weighted by molar-refractivity contribution is 7.18. The van der Waals surface area contributed by atoms with Gasteiger partial charge >= 0.3 is 6.03 Å². The summed E-state index contributed by atoms with van der Waals surface area (Å²) in [6, 6.07) is 2.65. The number of ketones is 1. The van der Waals surface area contributed by atoms with E-state index < -0.39 is 6.03 Å². The lowest BCUT2D eigenvalue weighted by molar-refractivity contribution is -0.124. The molecule has 5 nitrogen and oxygen atoms in total. The van der Waals surface area contributed by atoms with Gasteiger partial charge in [0.05, 0.1) is 22.3 Å². The lowest BCUT2D eigenvalue weighted by Gasteiger charge is -2.09. The van der Waals surface area contributed by atoms with Crippen molar-refractivity contribution in [1.29, 1.82) is 0 Å². The lowest BCUT2D eigenvalue weighted by Crippen LogP contribution is -2.35. The molecule has 1 aromatic heterocycles. The molecule has 0 aromatic carbocycles. The Morgan fingerprint density at radius 3 is 2.75 bits per heavy atom. The van der Waals surface area contributed by atoms with Crippen LogP contribution in [0.25, 0.3) is 0 Å². The van der Waals surface area contributed by atoms with Crippen LogP contribution < -0.4 is 5.32 Å². The number of hydrogen-bond acceptors (Lipinski definition) is 4. The third-order valence-corrected chi connectivity index (χ3v) is 3.36. The lowest BCUT2D eigenvalue weighted by atomic mass is 10.3. The Bertz CT molecular complexity index is 455. The summed E-state index contributed by atoms with van der Waals surface area (Å²) < 4.78 is 0.501. The summed E-state index contributed by atoms with van der Waals surface area (Å²) in [5, 5.41) is 2.34. The minimum atomic E-state index is -0.527. The minimum Gasteiger partial charge on any atom is -0.329 e. The number of amides is 3. The Morgan fingerprint density at radius 1 is 1.50 bits per heavy atom. The highest BCUT2D eigenvalue weighted by atomic mass is 35.5. The number of hydrogen-bond donors (Lipinski definition) is 1. The average Bonchev–Trinajstić information content (AvgIpc) is 2.79. The van der Waals surface area contributed by atoms with Gasteiger partial charge in [0.15, 0.2) is 5.78 Å². The van der Waals surface area contributed by atoms with Gasteiger partial charge in [0, 0.05) is 0 Å². The fraction of sp³-hybridized carbons (Fsp3) is 0.222. The van der Waals surface area contributed by atoms with E-state index >= 15 is 0 Å². The highest BCUT2D eigenvalue weighted by Crippen LogP contribution is 2.22. The highest BCUT2D eigenvalue weighted by Gasteiger charge is 2.30. The third kappa shape index (κ3) is 2.07. The summed E-state index contributed by atoms with van der Waals surface area (Å²) in [7, 11) is 0. The fourth-order valence-electron chi connectivity index (χ4n) is 1.30. The first-order valence-electron chi connectivity index (χ1n) is 4.44. The van der Waals surface area contributed by atoms with Crippen LogP contribution in [0, 0.1) is 0 Å². The molecule has 0 unspecified atom stereocenters. The maximum Gasteiger partial charge on any atom is 0.325 e. The smallest absolute Gasteiger partial charge is 0.325 e. The zero-order chi connectivity index (χ0) is 11.7. The van der Waals surface area contributed by atoms with Gasteiger partial charge in [0.25, 0.3) is 0 Å². The van der Waals surface area contributed by atoms with Gasteiger partial charge in [-0.2, -0.15) is 0 Å². The van der Waals surface area contributed by atoms with E-state index in [4.69, 9.17) is 11.6 Å². The van der Waals surface area contributed by atoms with Crippen LogP contribution in [0.15, 0.2) is 12.1 Å². The van der Waals surface area contributed by atoms with E-state index in [-0.39, 0.29) is 24.8 Å². The molecule has 1 N–H and O–H groups in total. The predicted octanol–water partition coefficient (Wildman–Crippen LogP) is 1.14. The molecule has 2 rings (SSSR count). The second-order valence-electron chi connectivity index (χ2n) is 3.17. The third-order valence-electron chi connectivity index (χ3n) is 2.09. The van der Waals surface area contributed by atoms with Crippen LogP contribution >= 0.6 is 22.9 Å². The van der Waals surface area contributed by atoms with Gasteiger partial charge in [-0.15, -0.1) is 11.3 Å². The molecule has 3 amide bonds. The maximum absolute atomic E-state index is 11.7. The van der Waals surface area contributed by atoms with Crippen molar-refractivity contribution in [1.82, 2.24) is 10.2 Å². The van der Waals surface area contributed by atoms with Crippen molar-refractivity contribution in [3.05, 3.63) is 21.3 Å². The number of rotatable bonds is 3. The first-order chi connectivity index (χ1) is 7.58. The normalized spacial score (nSPS) is 15.4. The van der Waals surface area contributed by atoms with Gasteiger partial charge in [-0.05, 0) is 12.1 Å². The van der Waals surface area contributed by atoms with E-state index in [1.807, 2.05) is 0 Å². The predicted molar refractivity (Wildman–Crippen MR) is 58.8 cm³/mol.